The summed E-state index contributed by atoms with van der Waals surface area (Å²) in [6.07, 6.45) is 1.50. The Bertz CT molecular complexity index is 1070. The van der Waals surface area contributed by atoms with Crippen molar-refractivity contribution in [2.75, 3.05) is 5.32 Å². The Morgan fingerprint density at radius 2 is 2.08 bits per heavy atom. The number of nitrogens with zero attached hydrogens (tertiary/aromatic N) is 4. The molecule has 1 amide bonds. The fourth-order valence-electron chi connectivity index (χ4n) is 2.69. The van der Waals surface area contributed by atoms with Crippen LogP contribution in [0.3, 0.4) is 0 Å². The van der Waals surface area contributed by atoms with Crippen LogP contribution < -0.4 is 5.32 Å². The average molecular weight is 336 g/mol. The van der Waals surface area contributed by atoms with E-state index in [1.165, 1.54) is 18.5 Å². The third-order valence-electron chi connectivity index (χ3n) is 3.88. The lowest BCUT2D eigenvalue weighted by molar-refractivity contribution is 0.102. The summed E-state index contributed by atoms with van der Waals surface area (Å²) in [6.45, 7) is 1.90. The maximum atomic E-state index is 13.3. The number of aromatic amines is 1. The molecule has 2 heterocycles. The van der Waals surface area contributed by atoms with Crippen LogP contribution in [-0.2, 0) is 0 Å². The second kappa shape index (κ2) is 5.82. The van der Waals surface area contributed by atoms with Crippen LogP contribution in [-0.4, -0.2) is 31.1 Å². The van der Waals surface area contributed by atoms with Crippen molar-refractivity contribution in [3.8, 4) is 5.69 Å². The molecular formula is C17H13FN6O. The Morgan fingerprint density at radius 3 is 2.84 bits per heavy atom. The van der Waals surface area contributed by atoms with Crippen molar-refractivity contribution >= 4 is 22.5 Å². The number of benzene rings is 2. The van der Waals surface area contributed by atoms with E-state index in [4.69, 9.17) is 0 Å². The monoisotopic (exact) mass is 336 g/mol. The average Bonchev–Trinajstić information content (AvgIpc) is 3.23. The Kier molecular flexibility index (Phi) is 3.50. The van der Waals surface area contributed by atoms with Crippen molar-refractivity contribution in [2.45, 2.75) is 6.92 Å². The predicted molar refractivity (Wildman–Crippen MR) is 90.1 cm³/mol. The second-order valence-electron chi connectivity index (χ2n) is 5.62. The summed E-state index contributed by atoms with van der Waals surface area (Å²) < 4.78 is 14.8. The lowest BCUT2D eigenvalue weighted by atomic mass is 10.1. The highest BCUT2D eigenvalue weighted by Crippen LogP contribution is 2.20. The quantitative estimate of drug-likeness (QED) is 0.602. The molecule has 0 aliphatic carbocycles. The van der Waals surface area contributed by atoms with E-state index in [2.05, 4.69) is 25.8 Å². The van der Waals surface area contributed by atoms with Crippen LogP contribution in [0.15, 0.2) is 48.8 Å². The fourth-order valence-corrected chi connectivity index (χ4v) is 2.69. The molecule has 2 N–H and O–H groups in total. The molecule has 0 radical (unpaired) electrons. The first kappa shape index (κ1) is 15.0. The van der Waals surface area contributed by atoms with Gasteiger partial charge in [0, 0.05) is 16.6 Å². The lowest BCUT2D eigenvalue weighted by Gasteiger charge is -2.08. The molecule has 0 aliphatic heterocycles. The van der Waals surface area contributed by atoms with Gasteiger partial charge in [0.25, 0.3) is 5.91 Å². The van der Waals surface area contributed by atoms with E-state index >= 15 is 0 Å². The number of H-pyrrole nitrogens is 1. The number of aryl methyl sites for hydroxylation is 1. The van der Waals surface area contributed by atoms with Crippen molar-refractivity contribution in [1.82, 2.24) is 25.2 Å². The number of carbonyl (C=O) groups excluding carboxylic acids is 1. The number of tetrazole rings is 1. The van der Waals surface area contributed by atoms with E-state index in [1.54, 1.807) is 22.9 Å². The number of amides is 1. The van der Waals surface area contributed by atoms with Crippen molar-refractivity contribution in [3.63, 3.8) is 0 Å². The third-order valence-corrected chi connectivity index (χ3v) is 3.88. The molecule has 4 rings (SSSR count). The Labute approximate surface area is 141 Å². The normalized spacial score (nSPS) is 11.0. The Morgan fingerprint density at radius 1 is 1.20 bits per heavy atom. The van der Waals surface area contributed by atoms with Crippen LogP contribution >= 0.6 is 0 Å². The first-order chi connectivity index (χ1) is 12.1. The van der Waals surface area contributed by atoms with Crippen molar-refractivity contribution < 1.29 is 9.18 Å². The summed E-state index contributed by atoms with van der Waals surface area (Å²) in [7, 11) is 0. The first-order valence-electron chi connectivity index (χ1n) is 7.54. The molecule has 0 aliphatic rings. The molecule has 0 fully saturated rings. The summed E-state index contributed by atoms with van der Waals surface area (Å²) in [5.41, 5.74) is 3.44. The molecule has 8 heteroatoms. The van der Waals surface area contributed by atoms with Gasteiger partial charge >= 0.3 is 0 Å². The number of rotatable bonds is 3. The molecule has 25 heavy (non-hydrogen) atoms. The molecule has 2 aromatic heterocycles. The molecule has 0 atom stereocenters. The van der Waals surface area contributed by atoms with Gasteiger partial charge in [-0.1, -0.05) is 0 Å². The predicted octanol–water partition coefficient (Wildman–Crippen LogP) is 2.84. The summed E-state index contributed by atoms with van der Waals surface area (Å²) >= 11 is 0. The summed E-state index contributed by atoms with van der Waals surface area (Å²) in [5, 5.41) is 14.5. The zero-order chi connectivity index (χ0) is 17.4. The lowest BCUT2D eigenvalue weighted by Crippen LogP contribution is -2.12. The topological polar surface area (TPSA) is 88.5 Å². The summed E-state index contributed by atoms with van der Waals surface area (Å²) in [4.78, 5) is 15.4. The molecule has 0 saturated carbocycles. The van der Waals surface area contributed by atoms with E-state index in [0.29, 0.717) is 22.3 Å². The van der Waals surface area contributed by atoms with Gasteiger partial charge in [-0.15, -0.1) is 5.10 Å². The van der Waals surface area contributed by atoms with Gasteiger partial charge < -0.3 is 10.3 Å². The number of aromatic nitrogens is 5. The van der Waals surface area contributed by atoms with Gasteiger partial charge in [-0.25, -0.2) is 9.07 Å². The van der Waals surface area contributed by atoms with E-state index in [9.17, 15) is 9.18 Å². The van der Waals surface area contributed by atoms with Gasteiger partial charge in [-0.05, 0) is 65.4 Å². The van der Waals surface area contributed by atoms with Crippen LogP contribution in [0.2, 0.25) is 0 Å². The standard InChI is InChI=1S/C17H13FN6O/c1-10-6-13(3-5-16(10)24-9-19-22-23-24)20-17(25)15-8-11-7-12(18)2-4-14(11)21-15/h2-9,21H,1H3,(H,20,25). The molecule has 0 spiro atoms. The number of nitrogens with one attached hydrogen (secondary N) is 2. The van der Waals surface area contributed by atoms with E-state index < -0.39 is 0 Å². The number of fused-ring (bicyclic) bond motifs is 1. The molecule has 7 nitrogen and oxygen atoms in total. The maximum Gasteiger partial charge on any atom is 0.272 e. The number of hydrogen-bond donors (Lipinski definition) is 2. The van der Waals surface area contributed by atoms with Gasteiger partial charge in [0.15, 0.2) is 0 Å². The largest absolute Gasteiger partial charge is 0.351 e. The van der Waals surface area contributed by atoms with Crippen molar-refractivity contribution in [3.05, 3.63) is 65.9 Å². The summed E-state index contributed by atoms with van der Waals surface area (Å²) in [5.74, 6) is -0.640. The van der Waals surface area contributed by atoms with Gasteiger partial charge in [0.05, 0.1) is 5.69 Å². The SMILES string of the molecule is Cc1cc(NC(=O)c2cc3cc(F)ccc3[nH]2)ccc1-n1cnnn1. The number of carbonyl (C=O) groups is 1. The number of halogens is 1. The fraction of sp³-hybridized carbons (Fsp3) is 0.0588. The number of anilines is 1. The molecule has 0 unspecified atom stereocenters. The molecule has 124 valence electrons. The van der Waals surface area contributed by atoms with Crippen LogP contribution in [0.25, 0.3) is 16.6 Å². The van der Waals surface area contributed by atoms with Crippen LogP contribution in [0, 0.1) is 12.7 Å². The third kappa shape index (κ3) is 2.85. The van der Waals surface area contributed by atoms with Gasteiger partial charge in [-0.3, -0.25) is 4.79 Å². The highest BCUT2D eigenvalue weighted by Gasteiger charge is 2.11. The number of hydrogen-bond acceptors (Lipinski definition) is 4. The Balaban J connectivity index is 1.58. The summed E-state index contributed by atoms with van der Waals surface area (Å²) in [6, 6.07) is 11.4. The second-order valence-corrected chi connectivity index (χ2v) is 5.62. The van der Waals surface area contributed by atoms with Crippen molar-refractivity contribution in [1.29, 1.82) is 0 Å². The van der Waals surface area contributed by atoms with E-state index in [0.717, 1.165) is 11.3 Å². The molecular weight excluding hydrogens is 323 g/mol. The van der Waals surface area contributed by atoms with Crippen LogP contribution in [0.4, 0.5) is 10.1 Å². The van der Waals surface area contributed by atoms with E-state index in [-0.39, 0.29) is 11.7 Å². The van der Waals surface area contributed by atoms with Gasteiger partial charge in [0.2, 0.25) is 0 Å². The molecule has 0 bridgehead atoms. The van der Waals surface area contributed by atoms with Crippen LogP contribution in [0.5, 0.6) is 0 Å². The highest BCUT2D eigenvalue weighted by molar-refractivity contribution is 6.06. The zero-order valence-electron chi connectivity index (χ0n) is 13.2. The smallest absolute Gasteiger partial charge is 0.272 e. The van der Waals surface area contributed by atoms with Gasteiger partial charge in [0.1, 0.15) is 17.8 Å². The minimum Gasteiger partial charge on any atom is -0.351 e. The maximum absolute atomic E-state index is 13.3. The van der Waals surface area contributed by atoms with Crippen molar-refractivity contribution in [2.24, 2.45) is 0 Å². The minimum absolute atomic E-state index is 0.300. The molecule has 0 saturated heterocycles. The van der Waals surface area contributed by atoms with E-state index in [1.807, 2.05) is 19.1 Å². The zero-order valence-corrected chi connectivity index (χ0v) is 13.2. The highest BCUT2D eigenvalue weighted by atomic mass is 19.1. The van der Waals surface area contributed by atoms with Crippen LogP contribution in [0.1, 0.15) is 16.1 Å². The van der Waals surface area contributed by atoms with Gasteiger partial charge in [-0.2, -0.15) is 0 Å². The Hall–Kier alpha value is -3.55. The molecule has 2 aromatic carbocycles. The minimum atomic E-state index is -0.340. The molecule has 4 aromatic rings. The first-order valence-corrected chi connectivity index (χ1v) is 7.54.